The van der Waals surface area contributed by atoms with E-state index in [1.807, 2.05) is 13.1 Å². The van der Waals surface area contributed by atoms with Crippen LogP contribution in [0, 0.1) is 13.8 Å². The van der Waals surface area contributed by atoms with E-state index in [4.69, 9.17) is 0 Å². The molecule has 1 aromatic heterocycles. The average molecular weight is 213 g/mol. The largest absolute Gasteiger partial charge is 0.357 e. The second kappa shape index (κ2) is 4.31. The maximum absolute atomic E-state index is 4.44. The maximum atomic E-state index is 4.44. The highest BCUT2D eigenvalue weighted by Crippen LogP contribution is 2.22. The van der Waals surface area contributed by atoms with Crippen LogP contribution in [0.3, 0.4) is 0 Å². The summed E-state index contributed by atoms with van der Waals surface area (Å²) in [6, 6.07) is 8.31. The molecule has 1 N–H and O–H groups in total. The number of nitrogens with one attached hydrogen (secondary N) is 1. The number of aryl methyl sites for hydroxylation is 2. The highest BCUT2D eigenvalue weighted by Gasteiger charge is 2.04. The van der Waals surface area contributed by atoms with Crippen LogP contribution in [0.15, 0.2) is 30.5 Å². The summed E-state index contributed by atoms with van der Waals surface area (Å²) in [7, 11) is 1.82. The van der Waals surface area contributed by atoms with Crippen LogP contribution in [-0.2, 0) is 0 Å². The summed E-state index contributed by atoms with van der Waals surface area (Å²) in [4.78, 5) is 8.55. The van der Waals surface area contributed by atoms with Crippen LogP contribution in [0.1, 0.15) is 11.1 Å². The molecular formula is C13H15N3. The zero-order valence-electron chi connectivity index (χ0n) is 9.78. The maximum Gasteiger partial charge on any atom is 0.222 e. The molecular weight excluding hydrogens is 198 g/mol. The number of hydrogen-bond acceptors (Lipinski definition) is 3. The molecule has 2 rings (SSSR count). The second-order valence-electron chi connectivity index (χ2n) is 3.83. The smallest absolute Gasteiger partial charge is 0.222 e. The zero-order chi connectivity index (χ0) is 11.5. The molecule has 3 nitrogen and oxygen atoms in total. The number of benzene rings is 1. The van der Waals surface area contributed by atoms with Crippen molar-refractivity contribution in [3.63, 3.8) is 0 Å². The highest BCUT2D eigenvalue weighted by atomic mass is 15.1. The predicted molar refractivity (Wildman–Crippen MR) is 66.5 cm³/mol. The third kappa shape index (κ3) is 2.03. The summed E-state index contributed by atoms with van der Waals surface area (Å²) in [5, 5.41) is 2.95. The van der Waals surface area contributed by atoms with E-state index >= 15 is 0 Å². The van der Waals surface area contributed by atoms with Gasteiger partial charge in [-0.05, 0) is 31.5 Å². The minimum absolute atomic E-state index is 0.651. The third-order valence-corrected chi connectivity index (χ3v) is 2.55. The molecule has 0 saturated heterocycles. The first-order valence-electron chi connectivity index (χ1n) is 5.29. The van der Waals surface area contributed by atoms with Crippen molar-refractivity contribution in [2.75, 3.05) is 12.4 Å². The average Bonchev–Trinajstić information content (AvgIpc) is 2.32. The van der Waals surface area contributed by atoms with Crippen molar-refractivity contribution in [3.05, 3.63) is 41.6 Å². The Bertz CT molecular complexity index is 506. The van der Waals surface area contributed by atoms with Crippen LogP contribution in [0.25, 0.3) is 11.3 Å². The van der Waals surface area contributed by atoms with Crippen molar-refractivity contribution in [2.45, 2.75) is 13.8 Å². The number of nitrogens with zero attached hydrogens (tertiary/aromatic N) is 2. The van der Waals surface area contributed by atoms with E-state index in [0.717, 1.165) is 5.69 Å². The lowest BCUT2D eigenvalue weighted by Gasteiger charge is -2.07. The summed E-state index contributed by atoms with van der Waals surface area (Å²) in [6.45, 7) is 4.18. The molecule has 0 unspecified atom stereocenters. The number of aromatic nitrogens is 2. The van der Waals surface area contributed by atoms with E-state index in [2.05, 4.69) is 47.3 Å². The molecule has 0 radical (unpaired) electrons. The first-order chi connectivity index (χ1) is 7.70. The molecule has 0 bridgehead atoms. The fraction of sp³-hybridized carbons (Fsp3) is 0.231. The summed E-state index contributed by atoms with van der Waals surface area (Å²) in [5.74, 6) is 0.651. The molecule has 1 aromatic carbocycles. The van der Waals surface area contributed by atoms with Gasteiger partial charge in [0.25, 0.3) is 0 Å². The molecule has 3 heteroatoms. The molecule has 82 valence electrons. The van der Waals surface area contributed by atoms with Crippen LogP contribution in [0.2, 0.25) is 0 Å². The normalized spacial score (nSPS) is 10.2. The molecule has 0 amide bonds. The van der Waals surface area contributed by atoms with Crippen molar-refractivity contribution in [1.82, 2.24) is 9.97 Å². The summed E-state index contributed by atoms with van der Waals surface area (Å²) < 4.78 is 0. The molecule has 0 aliphatic rings. The van der Waals surface area contributed by atoms with Crippen LogP contribution in [0.4, 0.5) is 5.95 Å². The van der Waals surface area contributed by atoms with E-state index in [9.17, 15) is 0 Å². The van der Waals surface area contributed by atoms with E-state index in [1.54, 1.807) is 6.20 Å². The molecule has 0 aliphatic heterocycles. The van der Waals surface area contributed by atoms with Gasteiger partial charge in [0.1, 0.15) is 0 Å². The molecule has 0 spiro atoms. The van der Waals surface area contributed by atoms with E-state index in [0.29, 0.717) is 5.95 Å². The van der Waals surface area contributed by atoms with Gasteiger partial charge in [-0.2, -0.15) is 0 Å². The SMILES string of the molecule is CNc1nccc(-c2cc(C)ccc2C)n1. The Labute approximate surface area is 95.6 Å². The fourth-order valence-electron chi connectivity index (χ4n) is 1.64. The topological polar surface area (TPSA) is 37.8 Å². The Balaban J connectivity index is 2.53. The third-order valence-electron chi connectivity index (χ3n) is 2.55. The van der Waals surface area contributed by atoms with Crippen molar-refractivity contribution in [3.8, 4) is 11.3 Å². The van der Waals surface area contributed by atoms with Gasteiger partial charge in [-0.25, -0.2) is 9.97 Å². The molecule has 2 aromatic rings. The van der Waals surface area contributed by atoms with E-state index in [-0.39, 0.29) is 0 Å². The number of anilines is 1. The first kappa shape index (κ1) is 10.6. The van der Waals surface area contributed by atoms with Crippen molar-refractivity contribution in [2.24, 2.45) is 0 Å². The molecule has 1 heterocycles. The molecule has 0 fully saturated rings. The quantitative estimate of drug-likeness (QED) is 0.833. The van der Waals surface area contributed by atoms with Crippen LogP contribution in [-0.4, -0.2) is 17.0 Å². The van der Waals surface area contributed by atoms with Crippen molar-refractivity contribution >= 4 is 5.95 Å². The van der Waals surface area contributed by atoms with Crippen molar-refractivity contribution < 1.29 is 0 Å². The van der Waals surface area contributed by atoms with Gasteiger partial charge in [-0.15, -0.1) is 0 Å². The van der Waals surface area contributed by atoms with Crippen LogP contribution < -0.4 is 5.32 Å². The monoisotopic (exact) mass is 213 g/mol. The van der Waals surface area contributed by atoms with Gasteiger partial charge in [-0.3, -0.25) is 0 Å². The predicted octanol–water partition coefficient (Wildman–Crippen LogP) is 2.80. The second-order valence-corrected chi connectivity index (χ2v) is 3.83. The minimum Gasteiger partial charge on any atom is -0.357 e. The Morgan fingerprint density at radius 1 is 1.12 bits per heavy atom. The Kier molecular flexibility index (Phi) is 2.86. The van der Waals surface area contributed by atoms with Gasteiger partial charge in [0.05, 0.1) is 5.69 Å². The van der Waals surface area contributed by atoms with E-state index < -0.39 is 0 Å². The van der Waals surface area contributed by atoms with Crippen LogP contribution in [0.5, 0.6) is 0 Å². The molecule has 0 aliphatic carbocycles. The Morgan fingerprint density at radius 3 is 2.69 bits per heavy atom. The Morgan fingerprint density at radius 2 is 1.94 bits per heavy atom. The van der Waals surface area contributed by atoms with Gasteiger partial charge >= 0.3 is 0 Å². The van der Waals surface area contributed by atoms with E-state index in [1.165, 1.54) is 16.7 Å². The fourth-order valence-corrected chi connectivity index (χ4v) is 1.64. The first-order valence-corrected chi connectivity index (χ1v) is 5.29. The standard InChI is InChI=1S/C13H15N3/c1-9-4-5-10(2)11(8-9)12-6-7-15-13(14-3)16-12/h4-8H,1-3H3,(H,14,15,16). The lowest BCUT2D eigenvalue weighted by Crippen LogP contribution is -1.97. The number of rotatable bonds is 2. The van der Waals surface area contributed by atoms with Gasteiger partial charge in [-0.1, -0.05) is 17.7 Å². The lowest BCUT2D eigenvalue weighted by molar-refractivity contribution is 1.15. The summed E-state index contributed by atoms with van der Waals surface area (Å²) >= 11 is 0. The van der Waals surface area contributed by atoms with Gasteiger partial charge < -0.3 is 5.32 Å². The number of hydrogen-bond donors (Lipinski definition) is 1. The van der Waals surface area contributed by atoms with Gasteiger partial charge in [0.15, 0.2) is 0 Å². The summed E-state index contributed by atoms with van der Waals surface area (Å²) in [6.07, 6.45) is 1.77. The summed E-state index contributed by atoms with van der Waals surface area (Å²) in [5.41, 5.74) is 4.59. The van der Waals surface area contributed by atoms with Gasteiger partial charge in [0, 0.05) is 18.8 Å². The van der Waals surface area contributed by atoms with Crippen LogP contribution >= 0.6 is 0 Å². The highest BCUT2D eigenvalue weighted by molar-refractivity contribution is 5.64. The zero-order valence-corrected chi connectivity index (χ0v) is 9.78. The molecule has 0 atom stereocenters. The van der Waals surface area contributed by atoms with Crippen molar-refractivity contribution in [1.29, 1.82) is 0 Å². The van der Waals surface area contributed by atoms with Gasteiger partial charge in [0.2, 0.25) is 5.95 Å². The molecule has 0 saturated carbocycles. The Hall–Kier alpha value is -1.90. The minimum atomic E-state index is 0.651. The molecule has 16 heavy (non-hydrogen) atoms. The lowest BCUT2D eigenvalue weighted by atomic mass is 10.0.